The molecule has 0 aromatic heterocycles. The van der Waals surface area contributed by atoms with Crippen LogP contribution >= 0.6 is 28.6 Å². The van der Waals surface area contributed by atoms with E-state index < -0.39 is 0 Å². The van der Waals surface area contributed by atoms with E-state index >= 15 is 0 Å². The number of thiol groups is 1. The van der Waals surface area contributed by atoms with Crippen molar-refractivity contribution in [2.24, 2.45) is 0 Å². The highest BCUT2D eigenvalue weighted by Gasteiger charge is 2.04. The summed E-state index contributed by atoms with van der Waals surface area (Å²) < 4.78 is 13.9. The van der Waals surface area contributed by atoms with Crippen LogP contribution in [0.2, 0.25) is 0 Å². The molecule has 1 amide bonds. The van der Waals surface area contributed by atoms with Gasteiger partial charge >= 0.3 is 0 Å². The van der Waals surface area contributed by atoms with Gasteiger partial charge in [0.2, 0.25) is 5.91 Å². The molecule has 0 fully saturated rings. The molecule has 1 rings (SSSR count). The summed E-state index contributed by atoms with van der Waals surface area (Å²) in [6.07, 6.45) is 0. The third kappa shape index (κ3) is 3.31. The van der Waals surface area contributed by atoms with Crippen LogP contribution in [0, 0.1) is 5.82 Å². The second-order valence-electron chi connectivity index (χ2n) is 2.67. The van der Waals surface area contributed by atoms with Crippen LogP contribution in [0.15, 0.2) is 22.7 Å². The second-order valence-corrected chi connectivity index (χ2v) is 3.90. The highest BCUT2D eigenvalue weighted by atomic mass is 79.9. The van der Waals surface area contributed by atoms with Crippen LogP contribution in [0.5, 0.6) is 0 Å². The lowest BCUT2D eigenvalue weighted by Gasteiger charge is -2.05. The molecule has 0 saturated heterocycles. The molecule has 0 aliphatic carbocycles. The molecule has 1 aromatic carbocycles. The van der Waals surface area contributed by atoms with Gasteiger partial charge in [0.1, 0.15) is 5.82 Å². The summed E-state index contributed by atoms with van der Waals surface area (Å²) in [5, 5.41) is 2.54. The van der Waals surface area contributed by atoms with Gasteiger partial charge in [-0.1, -0.05) is 15.9 Å². The quantitative estimate of drug-likeness (QED) is 0.815. The summed E-state index contributed by atoms with van der Waals surface area (Å²) in [5.41, 5.74) is 0.453. The van der Waals surface area contributed by atoms with Crippen LogP contribution < -0.4 is 5.32 Å². The van der Waals surface area contributed by atoms with Crippen LogP contribution in [0.4, 0.5) is 4.39 Å². The fraction of sp³-hybridized carbons (Fsp3) is 0.222. The van der Waals surface area contributed by atoms with Crippen molar-refractivity contribution >= 4 is 34.5 Å². The molecular formula is C9H9BrFNOS. The van der Waals surface area contributed by atoms with Crippen molar-refractivity contribution in [3.63, 3.8) is 0 Å². The minimum absolute atomic E-state index is 0.107. The van der Waals surface area contributed by atoms with Crippen molar-refractivity contribution in [2.45, 2.75) is 6.54 Å². The first kappa shape index (κ1) is 11.5. The third-order valence-electron chi connectivity index (χ3n) is 1.63. The van der Waals surface area contributed by atoms with E-state index in [0.717, 1.165) is 4.47 Å². The van der Waals surface area contributed by atoms with Crippen molar-refractivity contribution in [3.8, 4) is 0 Å². The zero-order valence-corrected chi connectivity index (χ0v) is 9.74. The van der Waals surface area contributed by atoms with E-state index in [9.17, 15) is 9.18 Å². The number of rotatable bonds is 3. The Labute approximate surface area is 95.4 Å². The SMILES string of the molecule is O=C(CS)NCc1cc(Br)ccc1F. The molecule has 0 unspecified atom stereocenters. The molecule has 0 aliphatic rings. The summed E-state index contributed by atoms with van der Waals surface area (Å²) in [5.74, 6) is -0.435. The molecule has 2 nitrogen and oxygen atoms in total. The first-order valence-corrected chi connectivity index (χ1v) is 5.37. The highest BCUT2D eigenvalue weighted by molar-refractivity contribution is 9.10. The summed E-state index contributed by atoms with van der Waals surface area (Å²) in [6, 6.07) is 4.60. The maximum Gasteiger partial charge on any atom is 0.229 e. The number of nitrogens with one attached hydrogen (secondary N) is 1. The zero-order valence-electron chi connectivity index (χ0n) is 7.26. The lowest BCUT2D eigenvalue weighted by Crippen LogP contribution is -2.24. The Kier molecular flexibility index (Phi) is 4.41. The topological polar surface area (TPSA) is 29.1 Å². The van der Waals surface area contributed by atoms with Crippen LogP contribution in [-0.2, 0) is 11.3 Å². The first-order valence-electron chi connectivity index (χ1n) is 3.95. The molecule has 76 valence electrons. The molecule has 0 atom stereocenters. The van der Waals surface area contributed by atoms with Crippen molar-refractivity contribution < 1.29 is 9.18 Å². The Morgan fingerprint density at radius 2 is 2.29 bits per heavy atom. The van der Waals surface area contributed by atoms with E-state index in [4.69, 9.17) is 0 Å². The number of carbonyl (C=O) groups is 1. The number of amides is 1. The van der Waals surface area contributed by atoms with Crippen LogP contribution in [0.3, 0.4) is 0 Å². The molecule has 0 heterocycles. The van der Waals surface area contributed by atoms with E-state index in [1.54, 1.807) is 12.1 Å². The second kappa shape index (κ2) is 5.36. The first-order chi connectivity index (χ1) is 6.63. The van der Waals surface area contributed by atoms with E-state index in [1.807, 2.05) is 0 Å². The minimum atomic E-state index is -0.326. The number of carbonyl (C=O) groups excluding carboxylic acids is 1. The van der Waals surface area contributed by atoms with Gasteiger partial charge in [-0.15, -0.1) is 0 Å². The molecule has 1 aromatic rings. The number of benzene rings is 1. The standard InChI is InChI=1S/C9H9BrFNOS/c10-7-1-2-8(11)6(3-7)4-12-9(13)5-14/h1-3,14H,4-5H2,(H,12,13). The monoisotopic (exact) mass is 277 g/mol. The predicted molar refractivity (Wildman–Crippen MR) is 59.8 cm³/mol. The zero-order chi connectivity index (χ0) is 10.6. The van der Waals surface area contributed by atoms with E-state index in [-0.39, 0.29) is 24.0 Å². The molecule has 5 heteroatoms. The van der Waals surface area contributed by atoms with Gasteiger partial charge in [0.15, 0.2) is 0 Å². The van der Waals surface area contributed by atoms with E-state index in [2.05, 4.69) is 33.9 Å². The van der Waals surface area contributed by atoms with Crippen LogP contribution in [0.1, 0.15) is 5.56 Å². The van der Waals surface area contributed by atoms with Gasteiger partial charge in [0.05, 0.1) is 5.75 Å². The smallest absolute Gasteiger partial charge is 0.229 e. The van der Waals surface area contributed by atoms with Gasteiger partial charge in [0.25, 0.3) is 0 Å². The maximum atomic E-state index is 13.1. The summed E-state index contributed by atoms with van der Waals surface area (Å²) in [7, 11) is 0. The number of halogens is 2. The van der Waals surface area contributed by atoms with Gasteiger partial charge in [-0.3, -0.25) is 4.79 Å². The molecule has 0 saturated carbocycles. The Balaban J connectivity index is 2.66. The van der Waals surface area contributed by atoms with Crippen molar-refractivity contribution in [1.29, 1.82) is 0 Å². The number of hydrogen-bond donors (Lipinski definition) is 2. The van der Waals surface area contributed by atoms with Gasteiger partial charge < -0.3 is 5.32 Å². The Morgan fingerprint density at radius 3 is 2.93 bits per heavy atom. The molecule has 0 radical (unpaired) electrons. The average Bonchev–Trinajstić information content (AvgIpc) is 2.19. The van der Waals surface area contributed by atoms with Crippen LogP contribution in [-0.4, -0.2) is 11.7 Å². The van der Waals surface area contributed by atoms with Crippen molar-refractivity contribution in [2.75, 3.05) is 5.75 Å². The fourth-order valence-electron chi connectivity index (χ4n) is 0.928. The van der Waals surface area contributed by atoms with E-state index in [0.29, 0.717) is 5.56 Å². The molecule has 1 N–H and O–H groups in total. The minimum Gasteiger partial charge on any atom is -0.351 e. The van der Waals surface area contributed by atoms with Gasteiger partial charge in [-0.25, -0.2) is 4.39 Å². The van der Waals surface area contributed by atoms with E-state index in [1.165, 1.54) is 6.07 Å². The average molecular weight is 278 g/mol. The van der Waals surface area contributed by atoms with Gasteiger partial charge in [-0.2, -0.15) is 12.6 Å². The Hall–Kier alpha value is -0.550. The highest BCUT2D eigenvalue weighted by Crippen LogP contribution is 2.15. The van der Waals surface area contributed by atoms with Gasteiger partial charge in [0, 0.05) is 16.6 Å². The maximum absolute atomic E-state index is 13.1. The molecular weight excluding hydrogens is 269 g/mol. The Morgan fingerprint density at radius 1 is 1.57 bits per heavy atom. The largest absolute Gasteiger partial charge is 0.351 e. The lowest BCUT2D eigenvalue weighted by molar-refractivity contribution is -0.118. The molecule has 0 bridgehead atoms. The van der Waals surface area contributed by atoms with Gasteiger partial charge in [-0.05, 0) is 18.2 Å². The lowest BCUT2D eigenvalue weighted by atomic mass is 10.2. The Bertz CT molecular complexity index is 346. The molecule has 0 spiro atoms. The normalized spacial score (nSPS) is 9.93. The summed E-state index contributed by atoms with van der Waals surface area (Å²) in [4.78, 5) is 10.9. The fourth-order valence-corrected chi connectivity index (χ4v) is 1.45. The molecule has 14 heavy (non-hydrogen) atoms. The summed E-state index contributed by atoms with van der Waals surface area (Å²) >= 11 is 7.02. The van der Waals surface area contributed by atoms with Crippen molar-refractivity contribution in [1.82, 2.24) is 5.32 Å². The number of hydrogen-bond acceptors (Lipinski definition) is 2. The van der Waals surface area contributed by atoms with Crippen molar-refractivity contribution in [3.05, 3.63) is 34.1 Å². The van der Waals surface area contributed by atoms with Crippen LogP contribution in [0.25, 0.3) is 0 Å². The summed E-state index contributed by atoms with van der Waals surface area (Å²) in [6.45, 7) is 0.185. The predicted octanol–water partition coefficient (Wildman–Crippen LogP) is 2.13. The third-order valence-corrected chi connectivity index (χ3v) is 2.41. The molecule has 0 aliphatic heterocycles.